The van der Waals surface area contributed by atoms with Gasteiger partial charge in [-0.05, 0) is 43.2 Å². The van der Waals surface area contributed by atoms with Crippen molar-refractivity contribution >= 4 is 60.3 Å². The largest absolute Gasteiger partial charge is 0.323 e. The number of amides is 1. The van der Waals surface area contributed by atoms with Crippen LogP contribution >= 0.6 is 27.7 Å². The first-order valence-corrected chi connectivity index (χ1v) is 11.8. The number of rotatable bonds is 4. The summed E-state index contributed by atoms with van der Waals surface area (Å²) in [4.78, 5) is 12.7. The van der Waals surface area contributed by atoms with Crippen LogP contribution in [0.2, 0.25) is 0 Å². The molecule has 1 aliphatic rings. The third-order valence-corrected chi connectivity index (χ3v) is 7.74. The van der Waals surface area contributed by atoms with Crippen LogP contribution in [0.25, 0.3) is 11.0 Å². The van der Waals surface area contributed by atoms with Crippen molar-refractivity contribution in [2.75, 3.05) is 18.4 Å². The number of halogens is 2. The van der Waals surface area contributed by atoms with E-state index >= 15 is 0 Å². The normalized spacial score (nSPS) is 18.1. The van der Waals surface area contributed by atoms with Crippen molar-refractivity contribution in [3.8, 4) is 0 Å². The van der Waals surface area contributed by atoms with Crippen molar-refractivity contribution in [2.45, 2.75) is 17.7 Å². The maximum Gasteiger partial charge on any atom is 0.245 e. The Balaban J connectivity index is 1.54. The summed E-state index contributed by atoms with van der Waals surface area (Å²) < 4.78 is 50.4. The van der Waals surface area contributed by atoms with E-state index in [1.54, 1.807) is 18.2 Å². The highest BCUT2D eigenvalue weighted by Crippen LogP contribution is 2.29. The molecule has 2 aromatic carbocycles. The number of hydrogen-bond acceptors (Lipinski definition) is 6. The van der Waals surface area contributed by atoms with E-state index < -0.39 is 27.7 Å². The number of nitrogens with one attached hydrogen (secondary N) is 1. The molecule has 1 saturated heterocycles. The fourth-order valence-electron chi connectivity index (χ4n) is 3.33. The van der Waals surface area contributed by atoms with Crippen LogP contribution in [0.15, 0.2) is 45.8 Å². The van der Waals surface area contributed by atoms with Crippen LogP contribution in [-0.2, 0) is 14.8 Å². The van der Waals surface area contributed by atoms with Crippen molar-refractivity contribution in [3.05, 3.63) is 46.7 Å². The van der Waals surface area contributed by atoms with Crippen LogP contribution in [-0.4, -0.2) is 40.5 Å². The Morgan fingerprint density at radius 2 is 2.10 bits per heavy atom. The first-order valence-electron chi connectivity index (χ1n) is 8.83. The Kier molecular flexibility index (Phi) is 5.65. The lowest BCUT2D eigenvalue weighted by Gasteiger charge is -2.31. The third kappa shape index (κ3) is 4.04. The number of piperidine rings is 1. The molecule has 1 aromatic heterocycles. The van der Waals surface area contributed by atoms with Gasteiger partial charge in [0.1, 0.15) is 21.7 Å². The molecular weight excluding hydrogens is 483 g/mol. The summed E-state index contributed by atoms with van der Waals surface area (Å²) >= 11 is 4.12. The van der Waals surface area contributed by atoms with Gasteiger partial charge in [-0.25, -0.2) is 12.8 Å². The Bertz CT molecular complexity index is 1180. The van der Waals surface area contributed by atoms with Crippen molar-refractivity contribution < 1.29 is 17.6 Å². The molecule has 0 bridgehead atoms. The summed E-state index contributed by atoms with van der Waals surface area (Å²) in [5.74, 6) is -1.54. The molecule has 0 aliphatic carbocycles. The maximum absolute atomic E-state index is 14.0. The van der Waals surface area contributed by atoms with E-state index in [0.717, 1.165) is 11.7 Å². The van der Waals surface area contributed by atoms with Gasteiger partial charge in [0.2, 0.25) is 15.9 Å². The molecule has 3 aromatic rings. The average Bonchev–Trinajstić information content (AvgIpc) is 3.19. The van der Waals surface area contributed by atoms with Crippen LogP contribution < -0.4 is 5.32 Å². The predicted octanol–water partition coefficient (Wildman–Crippen LogP) is 3.63. The average molecular weight is 499 g/mol. The van der Waals surface area contributed by atoms with E-state index in [2.05, 4.69) is 30.0 Å². The number of carbonyl (C=O) groups excluding carboxylic acids is 1. The second kappa shape index (κ2) is 8.05. The molecule has 0 saturated carbocycles. The Morgan fingerprint density at radius 3 is 2.90 bits per heavy atom. The highest BCUT2D eigenvalue weighted by Gasteiger charge is 2.34. The van der Waals surface area contributed by atoms with Crippen molar-refractivity contribution in [3.63, 3.8) is 0 Å². The summed E-state index contributed by atoms with van der Waals surface area (Å²) in [6.45, 7) is 0.340. The van der Waals surface area contributed by atoms with Gasteiger partial charge in [-0.1, -0.05) is 22.0 Å². The number of anilines is 1. The van der Waals surface area contributed by atoms with Gasteiger partial charge in [-0.3, -0.25) is 4.79 Å². The van der Waals surface area contributed by atoms with E-state index in [0.29, 0.717) is 34.9 Å². The molecule has 1 fully saturated rings. The molecule has 0 radical (unpaired) electrons. The zero-order valence-corrected chi connectivity index (χ0v) is 18.2. The quantitative estimate of drug-likeness (QED) is 0.592. The van der Waals surface area contributed by atoms with E-state index in [1.807, 2.05) is 0 Å². The van der Waals surface area contributed by atoms with Gasteiger partial charge in [-0.2, -0.15) is 13.1 Å². The molecule has 4 rings (SSSR count). The zero-order valence-electron chi connectivity index (χ0n) is 15.0. The molecule has 1 N–H and O–H groups in total. The molecule has 7 nitrogen and oxygen atoms in total. The van der Waals surface area contributed by atoms with Gasteiger partial charge in [0.25, 0.3) is 0 Å². The summed E-state index contributed by atoms with van der Waals surface area (Å²) in [7, 11) is -3.83. The first kappa shape index (κ1) is 20.3. The summed E-state index contributed by atoms with van der Waals surface area (Å²) in [6, 6.07) is 9.18. The zero-order chi connectivity index (χ0) is 20.6. The van der Waals surface area contributed by atoms with E-state index in [4.69, 9.17) is 0 Å². The molecule has 1 unspecified atom stereocenters. The Morgan fingerprint density at radius 1 is 1.28 bits per heavy atom. The molecule has 29 heavy (non-hydrogen) atoms. The van der Waals surface area contributed by atoms with Crippen LogP contribution in [0, 0.1) is 11.7 Å². The summed E-state index contributed by atoms with van der Waals surface area (Å²) in [5.41, 5.74) is 0.922. The molecule has 2 heterocycles. The van der Waals surface area contributed by atoms with E-state index in [1.165, 1.54) is 22.5 Å². The standard InChI is InChI=1S/C18H16BrFN4O3S2/c19-12-6-7-14(13(20)9-12)21-18(25)11-3-2-8-24(10-11)29(26,27)16-5-1-4-15-17(16)23-28-22-15/h1,4-7,9,11H,2-3,8,10H2,(H,21,25). The van der Waals surface area contributed by atoms with Crippen LogP contribution in [0.4, 0.5) is 10.1 Å². The molecular formula is C18H16BrFN4O3S2. The van der Waals surface area contributed by atoms with E-state index in [9.17, 15) is 17.6 Å². The number of hydrogen-bond donors (Lipinski definition) is 1. The molecule has 11 heteroatoms. The number of nitrogens with zero attached hydrogens (tertiary/aromatic N) is 3. The minimum Gasteiger partial charge on any atom is -0.323 e. The molecule has 152 valence electrons. The minimum atomic E-state index is -3.83. The van der Waals surface area contributed by atoms with Gasteiger partial charge in [0.15, 0.2) is 0 Å². The fraction of sp³-hybridized carbons (Fsp3) is 0.278. The van der Waals surface area contributed by atoms with Crippen molar-refractivity contribution in [1.82, 2.24) is 13.1 Å². The SMILES string of the molecule is O=C(Nc1ccc(Br)cc1F)C1CCCN(S(=O)(=O)c2cccc3nsnc23)C1. The van der Waals surface area contributed by atoms with Crippen LogP contribution in [0.3, 0.4) is 0 Å². The predicted molar refractivity (Wildman–Crippen MR) is 112 cm³/mol. The lowest BCUT2D eigenvalue weighted by atomic mass is 9.98. The van der Waals surface area contributed by atoms with Crippen LogP contribution in [0.1, 0.15) is 12.8 Å². The van der Waals surface area contributed by atoms with Gasteiger partial charge in [0, 0.05) is 17.6 Å². The Hall–Kier alpha value is -1.95. The van der Waals surface area contributed by atoms with Gasteiger partial charge >= 0.3 is 0 Å². The third-order valence-electron chi connectivity index (χ3n) is 4.81. The minimum absolute atomic E-state index is 0.0280. The molecule has 1 aliphatic heterocycles. The summed E-state index contributed by atoms with van der Waals surface area (Å²) in [5, 5.41) is 2.57. The lowest BCUT2D eigenvalue weighted by Crippen LogP contribution is -2.43. The summed E-state index contributed by atoms with van der Waals surface area (Å²) in [6.07, 6.45) is 1.06. The van der Waals surface area contributed by atoms with Gasteiger partial charge in [0.05, 0.1) is 23.3 Å². The maximum atomic E-state index is 14.0. The fourth-order valence-corrected chi connectivity index (χ4v) is 5.94. The number of aromatic nitrogens is 2. The van der Waals surface area contributed by atoms with Gasteiger partial charge < -0.3 is 5.32 Å². The number of sulfonamides is 1. The highest BCUT2D eigenvalue weighted by molar-refractivity contribution is 9.10. The van der Waals surface area contributed by atoms with Gasteiger partial charge in [-0.15, -0.1) is 0 Å². The number of carbonyl (C=O) groups is 1. The second-order valence-electron chi connectivity index (χ2n) is 6.70. The lowest BCUT2D eigenvalue weighted by molar-refractivity contribution is -0.120. The van der Waals surface area contributed by atoms with Crippen molar-refractivity contribution in [1.29, 1.82) is 0 Å². The number of fused-ring (bicyclic) bond motifs is 1. The van der Waals surface area contributed by atoms with Crippen molar-refractivity contribution in [2.24, 2.45) is 5.92 Å². The highest BCUT2D eigenvalue weighted by atomic mass is 79.9. The first-order chi connectivity index (χ1) is 13.9. The van der Waals surface area contributed by atoms with Crippen LogP contribution in [0.5, 0.6) is 0 Å². The monoisotopic (exact) mass is 498 g/mol. The second-order valence-corrected chi connectivity index (χ2v) is 10.1. The Labute approximate surface area is 179 Å². The number of benzene rings is 2. The molecule has 0 spiro atoms. The van der Waals surface area contributed by atoms with E-state index in [-0.39, 0.29) is 17.1 Å². The smallest absolute Gasteiger partial charge is 0.245 e. The molecule has 1 amide bonds. The molecule has 1 atom stereocenters. The topological polar surface area (TPSA) is 92.3 Å².